The van der Waals surface area contributed by atoms with Crippen LogP contribution in [0.15, 0.2) is 23.1 Å². The van der Waals surface area contributed by atoms with E-state index in [1.807, 2.05) is 23.6 Å². The summed E-state index contributed by atoms with van der Waals surface area (Å²) in [4.78, 5) is 12.4. The maximum absolute atomic E-state index is 11.5. The van der Waals surface area contributed by atoms with Gasteiger partial charge in [0, 0.05) is 18.5 Å². The highest BCUT2D eigenvalue weighted by Crippen LogP contribution is 2.12. The van der Waals surface area contributed by atoms with Crippen LogP contribution in [0.5, 0.6) is 0 Å². The molecule has 0 aromatic carbocycles. The number of thiophene rings is 1. The molecule has 84 valence electrons. The van der Waals surface area contributed by atoms with E-state index < -0.39 is 0 Å². The Kier molecular flexibility index (Phi) is 5.26. The van der Waals surface area contributed by atoms with Gasteiger partial charge in [0.2, 0.25) is 0 Å². The molecule has 0 radical (unpaired) electrons. The van der Waals surface area contributed by atoms with Gasteiger partial charge in [-0.2, -0.15) is 5.26 Å². The summed E-state index contributed by atoms with van der Waals surface area (Å²) < 4.78 is 4.80. The minimum absolute atomic E-state index is 0.110. The quantitative estimate of drug-likeness (QED) is 0.478. The van der Waals surface area contributed by atoms with Gasteiger partial charge in [0.25, 0.3) is 5.91 Å². The first-order valence-corrected chi connectivity index (χ1v) is 5.58. The number of nitrogens with one attached hydrogen (secondary N) is 1. The summed E-state index contributed by atoms with van der Waals surface area (Å²) in [7, 11) is 1.55. The Balaban J connectivity index is 2.61. The lowest BCUT2D eigenvalue weighted by molar-refractivity contribution is -0.117. The second-order valence-electron chi connectivity index (χ2n) is 2.93. The molecule has 0 aliphatic carbocycles. The monoisotopic (exact) mass is 236 g/mol. The molecule has 5 heteroatoms. The van der Waals surface area contributed by atoms with E-state index in [0.717, 1.165) is 4.88 Å². The largest absolute Gasteiger partial charge is 0.383 e. The number of amides is 1. The smallest absolute Gasteiger partial charge is 0.262 e. The number of methoxy groups -OCH3 is 1. The summed E-state index contributed by atoms with van der Waals surface area (Å²) in [5.74, 6) is -0.368. The number of hydrogen-bond acceptors (Lipinski definition) is 4. The van der Waals surface area contributed by atoms with Crippen LogP contribution in [0.1, 0.15) is 4.88 Å². The lowest BCUT2D eigenvalue weighted by Gasteiger charge is -2.02. The average Bonchev–Trinajstić information content (AvgIpc) is 2.78. The fourth-order valence-electron chi connectivity index (χ4n) is 1.03. The molecule has 1 aromatic rings. The second-order valence-corrected chi connectivity index (χ2v) is 3.91. The van der Waals surface area contributed by atoms with Gasteiger partial charge in [-0.1, -0.05) is 6.07 Å². The molecule has 0 spiro atoms. The molecular weight excluding hydrogens is 224 g/mol. The van der Waals surface area contributed by atoms with E-state index in [2.05, 4.69) is 5.32 Å². The molecule has 1 N–H and O–H groups in total. The first-order valence-electron chi connectivity index (χ1n) is 4.70. The van der Waals surface area contributed by atoms with Crippen LogP contribution in [0, 0.1) is 11.3 Å². The van der Waals surface area contributed by atoms with Gasteiger partial charge in [-0.15, -0.1) is 11.3 Å². The topological polar surface area (TPSA) is 62.1 Å². The standard InChI is InChI=1S/C11H12N2O2S/c1-15-5-4-13-11(14)9(8-12)7-10-3-2-6-16-10/h2-3,6-7H,4-5H2,1H3,(H,13,14). The molecule has 0 unspecified atom stereocenters. The Hall–Kier alpha value is -1.64. The Morgan fingerprint density at radius 3 is 3.12 bits per heavy atom. The van der Waals surface area contributed by atoms with Crippen LogP contribution in [-0.2, 0) is 9.53 Å². The molecule has 1 aromatic heterocycles. The van der Waals surface area contributed by atoms with Gasteiger partial charge in [0.05, 0.1) is 6.61 Å². The molecule has 0 aliphatic heterocycles. The van der Waals surface area contributed by atoms with Gasteiger partial charge >= 0.3 is 0 Å². The van der Waals surface area contributed by atoms with Crippen LogP contribution < -0.4 is 5.32 Å². The average molecular weight is 236 g/mol. The lowest BCUT2D eigenvalue weighted by Crippen LogP contribution is -2.27. The zero-order valence-corrected chi connectivity index (χ0v) is 9.71. The zero-order chi connectivity index (χ0) is 11.8. The molecule has 0 saturated heterocycles. The van der Waals surface area contributed by atoms with E-state index in [9.17, 15) is 4.79 Å². The van der Waals surface area contributed by atoms with Crippen molar-refractivity contribution in [2.24, 2.45) is 0 Å². The van der Waals surface area contributed by atoms with E-state index in [-0.39, 0.29) is 11.5 Å². The number of carbonyl (C=O) groups is 1. The number of nitriles is 1. The minimum atomic E-state index is -0.368. The van der Waals surface area contributed by atoms with Crippen LogP contribution in [-0.4, -0.2) is 26.2 Å². The van der Waals surface area contributed by atoms with Crippen LogP contribution >= 0.6 is 11.3 Å². The van der Waals surface area contributed by atoms with Crippen LogP contribution in [0.2, 0.25) is 0 Å². The Morgan fingerprint density at radius 2 is 2.56 bits per heavy atom. The molecule has 0 fully saturated rings. The maximum Gasteiger partial charge on any atom is 0.262 e. The third-order valence-corrected chi connectivity index (χ3v) is 2.61. The highest BCUT2D eigenvalue weighted by Gasteiger charge is 2.07. The first-order chi connectivity index (χ1) is 7.77. The molecule has 1 heterocycles. The fraction of sp³-hybridized carbons (Fsp3) is 0.273. The van der Waals surface area contributed by atoms with Gasteiger partial charge in [0.1, 0.15) is 11.6 Å². The number of ether oxygens (including phenoxy) is 1. The maximum atomic E-state index is 11.5. The second kappa shape index (κ2) is 6.77. The third-order valence-electron chi connectivity index (χ3n) is 1.79. The van der Waals surface area contributed by atoms with E-state index >= 15 is 0 Å². The van der Waals surface area contributed by atoms with Gasteiger partial charge < -0.3 is 10.1 Å². The summed E-state index contributed by atoms with van der Waals surface area (Å²) in [5, 5.41) is 13.3. The Labute approximate surface area is 98.2 Å². The lowest BCUT2D eigenvalue weighted by atomic mass is 10.2. The zero-order valence-electron chi connectivity index (χ0n) is 8.90. The molecule has 0 aliphatic rings. The van der Waals surface area contributed by atoms with Crippen molar-refractivity contribution >= 4 is 23.3 Å². The van der Waals surface area contributed by atoms with E-state index in [1.54, 1.807) is 13.2 Å². The number of rotatable bonds is 5. The van der Waals surface area contributed by atoms with Crippen molar-refractivity contribution in [2.75, 3.05) is 20.3 Å². The van der Waals surface area contributed by atoms with Crippen LogP contribution in [0.4, 0.5) is 0 Å². The van der Waals surface area contributed by atoms with Crippen molar-refractivity contribution in [2.45, 2.75) is 0 Å². The van der Waals surface area contributed by atoms with Crippen molar-refractivity contribution in [1.82, 2.24) is 5.32 Å². The van der Waals surface area contributed by atoms with Crippen molar-refractivity contribution in [1.29, 1.82) is 5.26 Å². The molecule has 4 nitrogen and oxygen atoms in total. The number of carbonyl (C=O) groups excluding carboxylic acids is 1. The van der Waals surface area contributed by atoms with Crippen molar-refractivity contribution in [3.8, 4) is 6.07 Å². The van der Waals surface area contributed by atoms with E-state index in [0.29, 0.717) is 13.2 Å². The van der Waals surface area contributed by atoms with Crippen molar-refractivity contribution in [3.05, 3.63) is 28.0 Å². The van der Waals surface area contributed by atoms with Crippen molar-refractivity contribution < 1.29 is 9.53 Å². The summed E-state index contributed by atoms with van der Waals surface area (Å²) in [6, 6.07) is 5.60. The first kappa shape index (κ1) is 12.4. The minimum Gasteiger partial charge on any atom is -0.383 e. The molecule has 1 amide bonds. The third kappa shape index (κ3) is 3.85. The molecular formula is C11H12N2O2S. The SMILES string of the molecule is COCCNC(=O)C(C#N)=Cc1cccs1. The normalized spacial score (nSPS) is 10.9. The molecule has 16 heavy (non-hydrogen) atoms. The summed E-state index contributed by atoms with van der Waals surface area (Å²) >= 11 is 1.48. The van der Waals surface area contributed by atoms with Crippen LogP contribution in [0.25, 0.3) is 6.08 Å². The highest BCUT2D eigenvalue weighted by atomic mass is 32.1. The van der Waals surface area contributed by atoms with Gasteiger partial charge in [0.15, 0.2) is 0 Å². The molecule has 0 saturated carbocycles. The summed E-state index contributed by atoms with van der Waals surface area (Å²) in [6.07, 6.45) is 1.58. The summed E-state index contributed by atoms with van der Waals surface area (Å²) in [6.45, 7) is 0.836. The predicted octanol–water partition coefficient (Wildman–Crippen LogP) is 1.42. The van der Waals surface area contributed by atoms with Gasteiger partial charge in [-0.3, -0.25) is 4.79 Å². The van der Waals surface area contributed by atoms with Gasteiger partial charge in [-0.25, -0.2) is 0 Å². The molecule has 1 rings (SSSR count). The van der Waals surface area contributed by atoms with E-state index in [4.69, 9.17) is 10.00 Å². The van der Waals surface area contributed by atoms with E-state index in [1.165, 1.54) is 11.3 Å². The van der Waals surface area contributed by atoms with Gasteiger partial charge in [-0.05, 0) is 17.5 Å². The molecule has 0 atom stereocenters. The van der Waals surface area contributed by atoms with Crippen LogP contribution in [0.3, 0.4) is 0 Å². The fourth-order valence-corrected chi connectivity index (χ4v) is 1.68. The van der Waals surface area contributed by atoms with Crippen molar-refractivity contribution in [3.63, 3.8) is 0 Å². The highest BCUT2D eigenvalue weighted by molar-refractivity contribution is 7.10. The Morgan fingerprint density at radius 1 is 1.75 bits per heavy atom. The number of nitrogens with zero attached hydrogens (tertiary/aromatic N) is 1. The predicted molar refractivity (Wildman–Crippen MR) is 62.8 cm³/mol. The number of hydrogen-bond donors (Lipinski definition) is 1. The summed E-state index contributed by atoms with van der Waals surface area (Å²) in [5.41, 5.74) is 0.110. The Bertz CT molecular complexity index is 404. The molecule has 0 bridgehead atoms.